The lowest BCUT2D eigenvalue weighted by Gasteiger charge is -2.35. The molecule has 2 aromatic rings. The van der Waals surface area contributed by atoms with Gasteiger partial charge in [0.15, 0.2) is 0 Å². The van der Waals surface area contributed by atoms with Gasteiger partial charge in [-0.05, 0) is 32.3 Å². The highest BCUT2D eigenvalue weighted by atomic mass is 32.1. The molecule has 0 N–H and O–H groups in total. The standard InChI is InChI=1S/C23H34N4O2S/c1-16(2)13-26(11-10-22(28)27-14-18(4)29-19(5)15-27)23-24-21(25-30-23)12-20-8-6-17(3)7-9-20/h6-9,16,18-19H,10-15H2,1-5H3. The number of nitrogens with zero attached hydrogens (tertiary/aromatic N) is 4. The van der Waals surface area contributed by atoms with Crippen molar-refractivity contribution in [3.63, 3.8) is 0 Å². The van der Waals surface area contributed by atoms with Crippen LogP contribution >= 0.6 is 11.5 Å². The SMILES string of the molecule is Cc1ccc(Cc2nsc(N(CCC(=O)N3CC(C)OC(C)C3)CC(C)C)n2)cc1. The summed E-state index contributed by atoms with van der Waals surface area (Å²) in [6.45, 7) is 13.4. The van der Waals surface area contributed by atoms with Crippen LogP contribution in [0.25, 0.3) is 0 Å². The molecule has 1 aromatic carbocycles. The van der Waals surface area contributed by atoms with Crippen LogP contribution in [0.3, 0.4) is 0 Å². The molecule has 2 heterocycles. The van der Waals surface area contributed by atoms with Crippen LogP contribution in [0.5, 0.6) is 0 Å². The van der Waals surface area contributed by atoms with E-state index in [4.69, 9.17) is 9.72 Å². The number of amides is 1. The molecule has 0 radical (unpaired) electrons. The zero-order valence-corrected chi connectivity index (χ0v) is 19.6. The van der Waals surface area contributed by atoms with E-state index in [0.717, 1.165) is 23.9 Å². The van der Waals surface area contributed by atoms with Gasteiger partial charge in [-0.3, -0.25) is 4.79 Å². The molecule has 0 spiro atoms. The fraction of sp³-hybridized carbons (Fsp3) is 0.609. The molecule has 1 amide bonds. The van der Waals surface area contributed by atoms with Crippen molar-refractivity contribution in [2.75, 3.05) is 31.1 Å². The van der Waals surface area contributed by atoms with Gasteiger partial charge < -0.3 is 14.5 Å². The second-order valence-electron chi connectivity index (χ2n) is 8.80. The van der Waals surface area contributed by atoms with Gasteiger partial charge in [-0.2, -0.15) is 4.37 Å². The summed E-state index contributed by atoms with van der Waals surface area (Å²) in [6, 6.07) is 8.50. The Morgan fingerprint density at radius 1 is 1.23 bits per heavy atom. The molecular formula is C23H34N4O2S. The summed E-state index contributed by atoms with van der Waals surface area (Å²) < 4.78 is 10.3. The van der Waals surface area contributed by atoms with E-state index in [1.54, 1.807) is 0 Å². The fourth-order valence-corrected chi connectivity index (χ4v) is 4.53. The third-order valence-corrected chi connectivity index (χ3v) is 5.98. The van der Waals surface area contributed by atoms with E-state index in [2.05, 4.69) is 54.3 Å². The number of anilines is 1. The Kier molecular flexibility index (Phi) is 7.83. The van der Waals surface area contributed by atoms with Crippen molar-refractivity contribution < 1.29 is 9.53 Å². The van der Waals surface area contributed by atoms with Gasteiger partial charge in [0.2, 0.25) is 11.0 Å². The summed E-state index contributed by atoms with van der Waals surface area (Å²) in [5.41, 5.74) is 2.47. The topological polar surface area (TPSA) is 58.6 Å². The second-order valence-corrected chi connectivity index (χ2v) is 9.53. The molecule has 0 saturated carbocycles. The fourth-order valence-electron chi connectivity index (χ4n) is 3.81. The number of rotatable bonds is 8. The first-order chi connectivity index (χ1) is 14.3. The minimum atomic E-state index is 0.0944. The van der Waals surface area contributed by atoms with Crippen LogP contribution in [-0.2, 0) is 16.0 Å². The number of aryl methyl sites for hydroxylation is 1. The Labute approximate surface area is 184 Å². The molecule has 1 fully saturated rings. The lowest BCUT2D eigenvalue weighted by Crippen LogP contribution is -2.48. The molecule has 1 aliphatic heterocycles. The van der Waals surface area contributed by atoms with Crippen molar-refractivity contribution in [2.24, 2.45) is 5.92 Å². The van der Waals surface area contributed by atoms with E-state index in [0.29, 0.717) is 32.0 Å². The highest BCUT2D eigenvalue weighted by Gasteiger charge is 2.26. The lowest BCUT2D eigenvalue weighted by molar-refractivity contribution is -0.143. The minimum absolute atomic E-state index is 0.0944. The molecule has 6 nitrogen and oxygen atoms in total. The quantitative estimate of drug-likeness (QED) is 0.635. The summed E-state index contributed by atoms with van der Waals surface area (Å²) in [6.07, 6.45) is 1.40. The van der Waals surface area contributed by atoms with Gasteiger partial charge in [0, 0.05) is 50.6 Å². The number of carbonyl (C=O) groups is 1. The normalized spacial score (nSPS) is 19.3. The van der Waals surface area contributed by atoms with Crippen LogP contribution in [-0.4, -0.2) is 58.6 Å². The predicted molar refractivity (Wildman–Crippen MR) is 122 cm³/mol. The Morgan fingerprint density at radius 2 is 1.90 bits per heavy atom. The van der Waals surface area contributed by atoms with Gasteiger partial charge in [0.05, 0.1) is 12.2 Å². The number of ether oxygens (including phenoxy) is 1. The molecule has 2 atom stereocenters. The number of hydrogen-bond acceptors (Lipinski definition) is 6. The van der Waals surface area contributed by atoms with Crippen molar-refractivity contribution in [1.29, 1.82) is 0 Å². The first-order valence-corrected chi connectivity index (χ1v) is 11.6. The first-order valence-electron chi connectivity index (χ1n) is 10.9. The van der Waals surface area contributed by atoms with E-state index < -0.39 is 0 Å². The maximum atomic E-state index is 12.8. The van der Waals surface area contributed by atoms with E-state index >= 15 is 0 Å². The number of carbonyl (C=O) groups excluding carboxylic acids is 1. The highest BCUT2D eigenvalue weighted by Crippen LogP contribution is 2.21. The Hall–Kier alpha value is -1.99. The Balaban J connectivity index is 1.62. The number of benzene rings is 1. The monoisotopic (exact) mass is 430 g/mol. The summed E-state index contributed by atoms with van der Waals surface area (Å²) in [5.74, 6) is 1.51. The number of morpholine rings is 1. The predicted octanol–water partition coefficient (Wildman–Crippen LogP) is 3.93. The molecular weight excluding hydrogens is 396 g/mol. The number of aromatic nitrogens is 2. The van der Waals surface area contributed by atoms with Crippen molar-refractivity contribution in [3.8, 4) is 0 Å². The van der Waals surface area contributed by atoms with Gasteiger partial charge in [0.1, 0.15) is 5.82 Å². The molecule has 0 aliphatic carbocycles. The molecule has 3 rings (SSSR count). The summed E-state index contributed by atoms with van der Waals surface area (Å²) in [4.78, 5) is 21.7. The molecule has 2 unspecified atom stereocenters. The largest absolute Gasteiger partial charge is 0.372 e. The van der Waals surface area contributed by atoms with Gasteiger partial charge in [-0.25, -0.2) is 4.98 Å². The molecule has 1 aliphatic rings. The Bertz CT molecular complexity index is 811. The second kappa shape index (κ2) is 10.4. The van der Waals surface area contributed by atoms with Crippen molar-refractivity contribution >= 4 is 22.6 Å². The molecule has 1 saturated heterocycles. The van der Waals surface area contributed by atoms with Crippen LogP contribution in [0, 0.1) is 12.8 Å². The maximum absolute atomic E-state index is 12.8. The van der Waals surface area contributed by atoms with Crippen LogP contribution in [0.4, 0.5) is 5.13 Å². The van der Waals surface area contributed by atoms with Crippen LogP contribution in [0.2, 0.25) is 0 Å². The zero-order chi connectivity index (χ0) is 21.7. The summed E-state index contributed by atoms with van der Waals surface area (Å²) >= 11 is 1.43. The highest BCUT2D eigenvalue weighted by molar-refractivity contribution is 7.09. The minimum Gasteiger partial charge on any atom is -0.372 e. The smallest absolute Gasteiger partial charge is 0.224 e. The van der Waals surface area contributed by atoms with Gasteiger partial charge in [-0.1, -0.05) is 43.7 Å². The third kappa shape index (κ3) is 6.51. The molecule has 30 heavy (non-hydrogen) atoms. The van der Waals surface area contributed by atoms with Crippen molar-refractivity contribution in [1.82, 2.24) is 14.3 Å². The van der Waals surface area contributed by atoms with Gasteiger partial charge in [0.25, 0.3) is 0 Å². The number of hydrogen-bond donors (Lipinski definition) is 0. The molecule has 1 aromatic heterocycles. The van der Waals surface area contributed by atoms with Gasteiger partial charge >= 0.3 is 0 Å². The third-order valence-electron chi connectivity index (χ3n) is 5.16. The zero-order valence-electron chi connectivity index (χ0n) is 18.8. The van der Waals surface area contributed by atoms with E-state index in [9.17, 15) is 4.79 Å². The molecule has 164 valence electrons. The molecule has 7 heteroatoms. The van der Waals surface area contributed by atoms with Crippen LogP contribution < -0.4 is 4.90 Å². The van der Waals surface area contributed by atoms with Gasteiger partial charge in [-0.15, -0.1) is 0 Å². The average Bonchev–Trinajstić information content (AvgIpc) is 3.14. The summed E-state index contributed by atoms with van der Waals surface area (Å²) in [7, 11) is 0. The maximum Gasteiger partial charge on any atom is 0.224 e. The van der Waals surface area contributed by atoms with Crippen molar-refractivity contribution in [3.05, 3.63) is 41.2 Å². The summed E-state index contributed by atoms with van der Waals surface area (Å²) in [5, 5.41) is 0.905. The molecule has 0 bridgehead atoms. The van der Waals surface area contributed by atoms with E-state index in [1.807, 2.05) is 18.7 Å². The average molecular weight is 431 g/mol. The first kappa shape index (κ1) is 22.7. The Morgan fingerprint density at radius 3 is 2.53 bits per heavy atom. The lowest BCUT2D eigenvalue weighted by atomic mass is 10.1. The van der Waals surface area contributed by atoms with Crippen LogP contribution in [0.1, 0.15) is 51.1 Å². The van der Waals surface area contributed by atoms with E-state index in [1.165, 1.54) is 22.7 Å². The van der Waals surface area contributed by atoms with E-state index in [-0.39, 0.29) is 18.1 Å². The van der Waals surface area contributed by atoms with Crippen LogP contribution in [0.15, 0.2) is 24.3 Å². The van der Waals surface area contributed by atoms with Crippen molar-refractivity contribution in [2.45, 2.75) is 59.7 Å².